The van der Waals surface area contributed by atoms with Gasteiger partial charge in [0.1, 0.15) is 0 Å². The van der Waals surface area contributed by atoms with Gasteiger partial charge in [-0.15, -0.1) is 0 Å². The largest absolute Gasteiger partial charge is 0.417 e. The third kappa shape index (κ3) is 4.64. The Morgan fingerprint density at radius 1 is 0.968 bits per heavy atom. The Hall–Kier alpha value is -2.72. The highest BCUT2D eigenvalue weighted by Gasteiger charge is 2.39. The second-order valence-electron chi connectivity index (χ2n) is 7.62. The molecule has 2 fully saturated rings. The Balaban J connectivity index is 1.45. The number of ether oxygens (including phenoxy) is 1. The lowest BCUT2D eigenvalue weighted by molar-refractivity contribution is -0.137. The number of carbonyl (C=O) groups excluding carboxylic acids is 2. The van der Waals surface area contributed by atoms with Gasteiger partial charge in [0.2, 0.25) is 5.91 Å². The van der Waals surface area contributed by atoms with E-state index in [4.69, 9.17) is 4.74 Å². The molecule has 7 nitrogen and oxygen atoms in total. The molecule has 0 aliphatic carbocycles. The summed E-state index contributed by atoms with van der Waals surface area (Å²) in [5.41, 5.74) is -1.20. The number of alkyl halides is 3. The van der Waals surface area contributed by atoms with Crippen molar-refractivity contribution >= 4 is 22.7 Å². The standard InChI is InChI=1S/C21H23F3N4O3/c22-21(23,24)19-15-3-1-2-4-17(15)25-13-16(19)20(30)28-7-5-26(6-8-28)14-18(29)27-9-11-31-12-10-27/h1-4,13H,5-12,14H2. The number of halogens is 3. The maximum atomic E-state index is 13.8. The first-order chi connectivity index (χ1) is 14.8. The monoisotopic (exact) mass is 436 g/mol. The van der Waals surface area contributed by atoms with Gasteiger partial charge in [0.25, 0.3) is 5.91 Å². The van der Waals surface area contributed by atoms with Gasteiger partial charge in [0.05, 0.1) is 36.4 Å². The van der Waals surface area contributed by atoms with Crippen molar-refractivity contribution in [1.82, 2.24) is 19.7 Å². The minimum absolute atomic E-state index is 0.00108. The molecule has 0 N–H and O–H groups in total. The van der Waals surface area contributed by atoms with Gasteiger partial charge in [0.15, 0.2) is 0 Å². The summed E-state index contributed by atoms with van der Waals surface area (Å²) in [4.78, 5) is 34.5. The van der Waals surface area contributed by atoms with Crippen LogP contribution < -0.4 is 0 Å². The number of amides is 2. The van der Waals surface area contributed by atoms with E-state index in [0.29, 0.717) is 39.4 Å². The lowest BCUT2D eigenvalue weighted by Crippen LogP contribution is -2.52. The molecule has 0 unspecified atom stereocenters. The number of pyridine rings is 1. The van der Waals surface area contributed by atoms with Crippen molar-refractivity contribution in [1.29, 1.82) is 0 Å². The summed E-state index contributed by atoms with van der Waals surface area (Å²) in [6, 6.07) is 5.92. The number of piperazine rings is 1. The first kappa shape index (κ1) is 21.5. The Kier molecular flexibility index (Phi) is 6.10. The van der Waals surface area contributed by atoms with E-state index in [-0.39, 0.29) is 36.4 Å². The Bertz CT molecular complexity index is 968. The molecule has 0 spiro atoms. The van der Waals surface area contributed by atoms with E-state index in [1.165, 1.54) is 23.1 Å². The van der Waals surface area contributed by atoms with Crippen LogP contribution in [-0.2, 0) is 15.7 Å². The number of carbonyl (C=O) groups is 2. The highest BCUT2D eigenvalue weighted by Crippen LogP contribution is 2.37. The minimum atomic E-state index is -4.68. The zero-order valence-electron chi connectivity index (χ0n) is 16.9. The van der Waals surface area contributed by atoms with Gasteiger partial charge in [-0.2, -0.15) is 13.2 Å². The van der Waals surface area contributed by atoms with Crippen LogP contribution >= 0.6 is 0 Å². The van der Waals surface area contributed by atoms with Crippen molar-refractivity contribution in [3.8, 4) is 0 Å². The molecule has 2 aliphatic rings. The van der Waals surface area contributed by atoms with E-state index in [9.17, 15) is 22.8 Å². The molecule has 2 aliphatic heterocycles. The molecule has 10 heteroatoms. The summed E-state index contributed by atoms with van der Waals surface area (Å²) in [5.74, 6) is -0.689. The van der Waals surface area contributed by atoms with Crippen LogP contribution in [0.25, 0.3) is 10.9 Å². The maximum absolute atomic E-state index is 13.8. The number of hydrogen-bond donors (Lipinski definition) is 0. The SMILES string of the molecule is O=C(CN1CCN(C(=O)c2cnc3ccccc3c2C(F)(F)F)CC1)N1CCOCC1. The molecule has 1 aromatic carbocycles. The minimum Gasteiger partial charge on any atom is -0.378 e. The van der Waals surface area contributed by atoms with Crippen LogP contribution in [0.15, 0.2) is 30.5 Å². The lowest BCUT2D eigenvalue weighted by atomic mass is 10.0. The fraction of sp³-hybridized carbons (Fsp3) is 0.476. The van der Waals surface area contributed by atoms with E-state index in [0.717, 1.165) is 6.20 Å². The molecule has 2 aromatic rings. The molecule has 2 saturated heterocycles. The fourth-order valence-electron chi connectivity index (χ4n) is 3.99. The summed E-state index contributed by atoms with van der Waals surface area (Å²) < 4.78 is 46.7. The molecule has 0 atom stereocenters. The molecule has 166 valence electrons. The van der Waals surface area contributed by atoms with Crippen LogP contribution in [0.1, 0.15) is 15.9 Å². The van der Waals surface area contributed by atoms with E-state index in [2.05, 4.69) is 4.98 Å². The van der Waals surface area contributed by atoms with Crippen molar-refractivity contribution < 1.29 is 27.5 Å². The predicted molar refractivity (Wildman–Crippen MR) is 106 cm³/mol. The summed E-state index contributed by atoms with van der Waals surface area (Å²) in [5, 5.41) is -0.0874. The zero-order chi connectivity index (χ0) is 22.0. The average Bonchev–Trinajstić information content (AvgIpc) is 2.78. The van der Waals surface area contributed by atoms with Crippen LogP contribution in [0.5, 0.6) is 0 Å². The summed E-state index contributed by atoms with van der Waals surface area (Å²) in [6.07, 6.45) is -3.66. The third-order valence-electron chi connectivity index (χ3n) is 5.67. The smallest absolute Gasteiger partial charge is 0.378 e. The molecule has 31 heavy (non-hydrogen) atoms. The van der Waals surface area contributed by atoms with Gasteiger partial charge in [0, 0.05) is 50.9 Å². The lowest BCUT2D eigenvalue weighted by Gasteiger charge is -2.36. The van der Waals surface area contributed by atoms with Gasteiger partial charge in [-0.1, -0.05) is 18.2 Å². The highest BCUT2D eigenvalue weighted by atomic mass is 19.4. The number of fused-ring (bicyclic) bond motifs is 1. The van der Waals surface area contributed by atoms with Gasteiger partial charge in [-0.3, -0.25) is 19.5 Å². The van der Waals surface area contributed by atoms with Crippen molar-refractivity contribution in [2.75, 3.05) is 59.0 Å². The van der Waals surface area contributed by atoms with Crippen LogP contribution in [0, 0.1) is 0 Å². The summed E-state index contributed by atoms with van der Waals surface area (Å²) in [7, 11) is 0. The Morgan fingerprint density at radius 3 is 2.32 bits per heavy atom. The van der Waals surface area contributed by atoms with Gasteiger partial charge < -0.3 is 14.5 Å². The first-order valence-corrected chi connectivity index (χ1v) is 10.2. The number of para-hydroxylation sites is 1. The van der Waals surface area contributed by atoms with E-state index >= 15 is 0 Å². The molecular weight excluding hydrogens is 413 g/mol. The zero-order valence-corrected chi connectivity index (χ0v) is 16.9. The van der Waals surface area contributed by atoms with Crippen molar-refractivity contribution in [2.24, 2.45) is 0 Å². The second kappa shape index (κ2) is 8.80. The van der Waals surface area contributed by atoms with E-state index in [1.54, 1.807) is 11.0 Å². The normalized spacial score (nSPS) is 18.4. The predicted octanol–water partition coefficient (Wildman–Crippen LogP) is 1.87. The number of morpholine rings is 1. The molecule has 1 aromatic heterocycles. The van der Waals surface area contributed by atoms with Gasteiger partial charge in [-0.05, 0) is 6.07 Å². The molecule has 2 amide bonds. The van der Waals surface area contributed by atoms with Crippen LogP contribution in [0.3, 0.4) is 0 Å². The molecular formula is C21H23F3N4O3. The van der Waals surface area contributed by atoms with Crippen LogP contribution in [0.2, 0.25) is 0 Å². The maximum Gasteiger partial charge on any atom is 0.417 e. The topological polar surface area (TPSA) is 66.0 Å². The average molecular weight is 436 g/mol. The number of aromatic nitrogens is 1. The number of nitrogens with zero attached hydrogens (tertiary/aromatic N) is 4. The molecule has 3 heterocycles. The fourth-order valence-corrected chi connectivity index (χ4v) is 3.99. The molecule has 0 radical (unpaired) electrons. The van der Waals surface area contributed by atoms with Crippen molar-refractivity contribution in [3.05, 3.63) is 41.6 Å². The van der Waals surface area contributed by atoms with Crippen LogP contribution in [-0.4, -0.2) is 90.5 Å². The first-order valence-electron chi connectivity index (χ1n) is 10.2. The van der Waals surface area contributed by atoms with Gasteiger partial charge in [-0.25, -0.2) is 0 Å². The Labute approximate surface area is 177 Å². The molecule has 0 saturated carbocycles. The van der Waals surface area contributed by atoms with Gasteiger partial charge >= 0.3 is 6.18 Å². The molecule has 4 rings (SSSR count). The highest BCUT2D eigenvalue weighted by molar-refractivity contribution is 6.00. The van der Waals surface area contributed by atoms with Crippen molar-refractivity contribution in [2.45, 2.75) is 6.18 Å². The third-order valence-corrected chi connectivity index (χ3v) is 5.67. The van der Waals surface area contributed by atoms with Crippen LogP contribution in [0.4, 0.5) is 13.2 Å². The molecule has 0 bridgehead atoms. The number of hydrogen-bond acceptors (Lipinski definition) is 5. The Morgan fingerprint density at radius 2 is 1.65 bits per heavy atom. The summed E-state index contributed by atoms with van der Waals surface area (Å²) >= 11 is 0. The number of benzene rings is 1. The number of rotatable bonds is 3. The quantitative estimate of drug-likeness (QED) is 0.735. The van der Waals surface area contributed by atoms with E-state index < -0.39 is 23.2 Å². The summed E-state index contributed by atoms with van der Waals surface area (Å²) in [6.45, 7) is 3.74. The van der Waals surface area contributed by atoms with E-state index in [1.807, 2.05) is 4.90 Å². The van der Waals surface area contributed by atoms with Crippen molar-refractivity contribution in [3.63, 3.8) is 0 Å². The second-order valence-corrected chi connectivity index (χ2v) is 7.62.